The molecule has 2 aromatic carbocycles. The maximum absolute atomic E-state index is 12.6. The molecular weight excluding hydrogens is 330 g/mol. The number of piperidine rings is 1. The van der Waals surface area contributed by atoms with Crippen molar-refractivity contribution in [2.24, 2.45) is 5.92 Å². The molecule has 0 radical (unpaired) electrons. The molecule has 0 bridgehead atoms. The Hall–Kier alpha value is -2.53. The minimum absolute atomic E-state index is 0.0162. The standard InChI is InChI=1S/C21H25NO4/c1-25-20-6-2-4-16(12-20)15-26-19-9-7-18(8-10-19)21(24)22-11-3-5-17(13-22)14-23/h2,4,6-10,12,17,23H,3,5,11,13-15H2,1H3/t17-/m1/s1. The second-order valence-corrected chi connectivity index (χ2v) is 6.61. The Labute approximate surface area is 154 Å². The molecule has 1 atom stereocenters. The zero-order valence-electron chi connectivity index (χ0n) is 15.1. The number of ether oxygens (including phenoxy) is 2. The Balaban J connectivity index is 1.58. The van der Waals surface area contributed by atoms with Crippen LogP contribution in [0.1, 0.15) is 28.8 Å². The Morgan fingerprint density at radius 2 is 2.00 bits per heavy atom. The first-order valence-electron chi connectivity index (χ1n) is 8.95. The van der Waals surface area contributed by atoms with Crippen LogP contribution in [0, 0.1) is 5.92 Å². The van der Waals surface area contributed by atoms with E-state index in [2.05, 4.69) is 0 Å². The molecule has 0 spiro atoms. The Morgan fingerprint density at radius 1 is 1.19 bits per heavy atom. The molecule has 1 aliphatic rings. The highest BCUT2D eigenvalue weighted by Crippen LogP contribution is 2.21. The van der Waals surface area contributed by atoms with Crippen molar-refractivity contribution in [3.8, 4) is 11.5 Å². The van der Waals surface area contributed by atoms with Gasteiger partial charge in [0.25, 0.3) is 5.91 Å². The molecule has 1 aliphatic heterocycles. The SMILES string of the molecule is COc1cccc(COc2ccc(C(=O)N3CCC[C@@H](CO)C3)cc2)c1. The Morgan fingerprint density at radius 3 is 2.73 bits per heavy atom. The lowest BCUT2D eigenvalue weighted by atomic mass is 9.98. The molecule has 5 nitrogen and oxygen atoms in total. The van der Waals surface area contributed by atoms with Crippen molar-refractivity contribution < 1.29 is 19.4 Å². The van der Waals surface area contributed by atoms with Gasteiger partial charge in [0.15, 0.2) is 0 Å². The van der Waals surface area contributed by atoms with E-state index in [0.717, 1.165) is 36.4 Å². The van der Waals surface area contributed by atoms with Crippen molar-refractivity contribution in [3.05, 3.63) is 59.7 Å². The van der Waals surface area contributed by atoms with Crippen LogP contribution in [0.25, 0.3) is 0 Å². The molecule has 1 amide bonds. The lowest BCUT2D eigenvalue weighted by molar-refractivity contribution is 0.0620. The fourth-order valence-corrected chi connectivity index (χ4v) is 3.20. The van der Waals surface area contributed by atoms with E-state index in [-0.39, 0.29) is 18.4 Å². The van der Waals surface area contributed by atoms with Gasteiger partial charge in [-0.3, -0.25) is 4.79 Å². The van der Waals surface area contributed by atoms with Gasteiger partial charge in [-0.15, -0.1) is 0 Å². The summed E-state index contributed by atoms with van der Waals surface area (Å²) in [5.41, 5.74) is 1.67. The lowest BCUT2D eigenvalue weighted by Crippen LogP contribution is -2.40. The number of aliphatic hydroxyl groups is 1. The summed E-state index contributed by atoms with van der Waals surface area (Å²) in [6.45, 7) is 1.96. The van der Waals surface area contributed by atoms with E-state index < -0.39 is 0 Å². The van der Waals surface area contributed by atoms with E-state index in [1.165, 1.54) is 0 Å². The van der Waals surface area contributed by atoms with E-state index in [4.69, 9.17) is 9.47 Å². The second kappa shape index (κ2) is 8.72. The number of likely N-dealkylation sites (tertiary alicyclic amines) is 1. The first kappa shape index (κ1) is 18.3. The number of aliphatic hydroxyl groups excluding tert-OH is 1. The van der Waals surface area contributed by atoms with Crippen LogP contribution in [0.4, 0.5) is 0 Å². The maximum Gasteiger partial charge on any atom is 0.253 e. The van der Waals surface area contributed by atoms with Crippen LogP contribution < -0.4 is 9.47 Å². The molecule has 0 unspecified atom stereocenters. The molecule has 0 aromatic heterocycles. The number of hydrogen-bond donors (Lipinski definition) is 1. The summed E-state index contributed by atoms with van der Waals surface area (Å²) >= 11 is 0. The van der Waals surface area contributed by atoms with Gasteiger partial charge in [0.05, 0.1) is 7.11 Å². The summed E-state index contributed by atoms with van der Waals surface area (Å²) in [6, 6.07) is 15.0. The predicted octanol–water partition coefficient (Wildman–Crippen LogP) is 3.12. The zero-order chi connectivity index (χ0) is 18.4. The first-order valence-corrected chi connectivity index (χ1v) is 8.95. The number of hydrogen-bond acceptors (Lipinski definition) is 4. The number of nitrogens with zero attached hydrogens (tertiary/aromatic N) is 1. The van der Waals surface area contributed by atoms with Gasteiger partial charge in [0.2, 0.25) is 0 Å². The highest BCUT2D eigenvalue weighted by molar-refractivity contribution is 5.94. The lowest BCUT2D eigenvalue weighted by Gasteiger charge is -2.31. The summed E-state index contributed by atoms with van der Waals surface area (Å²) in [5.74, 6) is 1.73. The monoisotopic (exact) mass is 355 g/mol. The van der Waals surface area contributed by atoms with Gasteiger partial charge in [-0.05, 0) is 60.7 Å². The van der Waals surface area contributed by atoms with E-state index in [1.54, 1.807) is 19.2 Å². The van der Waals surface area contributed by atoms with Gasteiger partial charge in [-0.1, -0.05) is 12.1 Å². The molecular formula is C21H25NO4. The van der Waals surface area contributed by atoms with Crippen molar-refractivity contribution >= 4 is 5.91 Å². The first-order chi connectivity index (χ1) is 12.7. The van der Waals surface area contributed by atoms with Crippen molar-refractivity contribution in [1.29, 1.82) is 0 Å². The quantitative estimate of drug-likeness (QED) is 0.865. The van der Waals surface area contributed by atoms with Gasteiger partial charge >= 0.3 is 0 Å². The summed E-state index contributed by atoms with van der Waals surface area (Å²) in [7, 11) is 1.64. The normalized spacial score (nSPS) is 17.0. The van der Waals surface area contributed by atoms with E-state index >= 15 is 0 Å². The fourth-order valence-electron chi connectivity index (χ4n) is 3.20. The highest BCUT2D eigenvalue weighted by Gasteiger charge is 2.23. The maximum atomic E-state index is 12.6. The number of carbonyl (C=O) groups excluding carboxylic acids is 1. The van der Waals surface area contributed by atoms with Gasteiger partial charge < -0.3 is 19.5 Å². The number of methoxy groups -OCH3 is 1. The summed E-state index contributed by atoms with van der Waals surface area (Å²) in [6.07, 6.45) is 1.93. The predicted molar refractivity (Wildman–Crippen MR) is 99.5 cm³/mol. The van der Waals surface area contributed by atoms with E-state index in [1.807, 2.05) is 41.3 Å². The van der Waals surface area contributed by atoms with Crippen LogP contribution >= 0.6 is 0 Å². The van der Waals surface area contributed by atoms with E-state index in [0.29, 0.717) is 18.7 Å². The average Bonchev–Trinajstić information content (AvgIpc) is 2.72. The van der Waals surface area contributed by atoms with Crippen molar-refractivity contribution in [1.82, 2.24) is 4.90 Å². The Bertz CT molecular complexity index is 729. The fraction of sp³-hybridized carbons (Fsp3) is 0.381. The van der Waals surface area contributed by atoms with Crippen LogP contribution in [-0.4, -0.2) is 42.7 Å². The van der Waals surface area contributed by atoms with Crippen molar-refractivity contribution in [3.63, 3.8) is 0 Å². The number of carbonyl (C=O) groups is 1. The third-order valence-electron chi connectivity index (χ3n) is 4.71. The molecule has 138 valence electrons. The number of benzene rings is 2. The van der Waals surface area contributed by atoms with E-state index in [9.17, 15) is 9.90 Å². The van der Waals surface area contributed by atoms with Gasteiger partial charge in [0, 0.05) is 25.3 Å². The largest absolute Gasteiger partial charge is 0.497 e. The molecule has 5 heteroatoms. The van der Waals surface area contributed by atoms with Crippen LogP contribution in [0.5, 0.6) is 11.5 Å². The van der Waals surface area contributed by atoms with Gasteiger partial charge in [0.1, 0.15) is 18.1 Å². The molecule has 1 saturated heterocycles. The molecule has 1 fully saturated rings. The molecule has 26 heavy (non-hydrogen) atoms. The minimum Gasteiger partial charge on any atom is -0.497 e. The summed E-state index contributed by atoms with van der Waals surface area (Å²) in [4.78, 5) is 14.4. The molecule has 2 aromatic rings. The van der Waals surface area contributed by atoms with Crippen molar-refractivity contribution in [2.45, 2.75) is 19.4 Å². The average molecular weight is 355 g/mol. The number of rotatable bonds is 6. The van der Waals surface area contributed by atoms with Crippen LogP contribution in [0.3, 0.4) is 0 Å². The molecule has 3 rings (SSSR count). The molecule has 0 aliphatic carbocycles. The number of amides is 1. The summed E-state index contributed by atoms with van der Waals surface area (Å²) in [5, 5.41) is 9.32. The third-order valence-corrected chi connectivity index (χ3v) is 4.71. The van der Waals surface area contributed by atoms with Gasteiger partial charge in [-0.2, -0.15) is 0 Å². The zero-order valence-corrected chi connectivity index (χ0v) is 15.1. The molecule has 1 N–H and O–H groups in total. The minimum atomic E-state index is 0.0162. The molecule has 1 heterocycles. The van der Waals surface area contributed by atoms with Crippen LogP contribution in [0.2, 0.25) is 0 Å². The highest BCUT2D eigenvalue weighted by atomic mass is 16.5. The second-order valence-electron chi connectivity index (χ2n) is 6.61. The smallest absolute Gasteiger partial charge is 0.253 e. The summed E-state index contributed by atoms with van der Waals surface area (Å²) < 4.78 is 11.0. The van der Waals surface area contributed by atoms with Crippen LogP contribution in [0.15, 0.2) is 48.5 Å². The third kappa shape index (κ3) is 4.55. The Kier molecular flexibility index (Phi) is 6.12. The van der Waals surface area contributed by atoms with Gasteiger partial charge in [-0.25, -0.2) is 0 Å². The topological polar surface area (TPSA) is 59.0 Å². The molecule has 0 saturated carbocycles. The van der Waals surface area contributed by atoms with Crippen molar-refractivity contribution in [2.75, 3.05) is 26.8 Å². The van der Waals surface area contributed by atoms with Crippen LogP contribution in [-0.2, 0) is 6.61 Å².